The summed E-state index contributed by atoms with van der Waals surface area (Å²) >= 11 is 0. The second-order valence-corrected chi connectivity index (χ2v) is 8.93. The monoisotopic (exact) mass is 387 g/mol. The standard InChI is InChI=1S/C20H41N3O4/c1-19(2,3)17(24)15-23(10-9-21-20(4,5)6)18(25)16-22(11-13-26-7)12-14-27-8/h21H,9-16H2,1-8H3. The molecular formula is C20H41N3O4. The highest BCUT2D eigenvalue weighted by Crippen LogP contribution is 2.15. The van der Waals surface area contributed by atoms with Crippen molar-refractivity contribution in [1.82, 2.24) is 15.1 Å². The van der Waals surface area contributed by atoms with Gasteiger partial charge in [0.1, 0.15) is 0 Å². The maximum Gasteiger partial charge on any atom is 0.237 e. The molecule has 0 fully saturated rings. The zero-order valence-electron chi connectivity index (χ0n) is 18.7. The number of amides is 1. The summed E-state index contributed by atoms with van der Waals surface area (Å²) in [6.07, 6.45) is 0. The van der Waals surface area contributed by atoms with Crippen molar-refractivity contribution in [3.05, 3.63) is 0 Å². The minimum atomic E-state index is -0.470. The van der Waals surface area contributed by atoms with Crippen molar-refractivity contribution >= 4 is 11.7 Å². The average molecular weight is 388 g/mol. The van der Waals surface area contributed by atoms with Crippen LogP contribution in [0, 0.1) is 5.41 Å². The van der Waals surface area contributed by atoms with Crippen molar-refractivity contribution in [2.75, 3.05) is 66.7 Å². The summed E-state index contributed by atoms with van der Waals surface area (Å²) in [4.78, 5) is 29.1. The molecule has 1 N–H and O–H groups in total. The Kier molecular flexibility index (Phi) is 12.0. The molecular weight excluding hydrogens is 346 g/mol. The second-order valence-electron chi connectivity index (χ2n) is 8.93. The maximum atomic E-state index is 12.9. The van der Waals surface area contributed by atoms with Crippen LogP contribution in [0.1, 0.15) is 41.5 Å². The van der Waals surface area contributed by atoms with Crippen LogP contribution in [0.4, 0.5) is 0 Å². The molecule has 0 rings (SSSR count). The van der Waals surface area contributed by atoms with Crippen LogP contribution in [0.15, 0.2) is 0 Å². The van der Waals surface area contributed by atoms with Crippen LogP contribution >= 0.6 is 0 Å². The summed E-state index contributed by atoms with van der Waals surface area (Å²) in [6, 6.07) is 0. The van der Waals surface area contributed by atoms with E-state index in [2.05, 4.69) is 26.1 Å². The largest absolute Gasteiger partial charge is 0.383 e. The highest BCUT2D eigenvalue weighted by atomic mass is 16.5. The van der Waals surface area contributed by atoms with Gasteiger partial charge in [-0.2, -0.15) is 0 Å². The average Bonchev–Trinajstić information content (AvgIpc) is 2.54. The molecule has 0 unspecified atom stereocenters. The minimum absolute atomic E-state index is 0.0360. The van der Waals surface area contributed by atoms with E-state index in [1.54, 1.807) is 19.1 Å². The van der Waals surface area contributed by atoms with Crippen molar-refractivity contribution in [1.29, 1.82) is 0 Å². The molecule has 0 bridgehead atoms. The van der Waals surface area contributed by atoms with E-state index in [1.165, 1.54) is 0 Å². The third kappa shape index (κ3) is 12.9. The van der Waals surface area contributed by atoms with Crippen LogP contribution in [-0.4, -0.2) is 93.7 Å². The van der Waals surface area contributed by atoms with E-state index < -0.39 is 5.41 Å². The number of Topliss-reactive ketones (excluding diaryl/α,β-unsaturated/α-hetero) is 1. The Morgan fingerprint density at radius 2 is 1.37 bits per heavy atom. The molecule has 0 aromatic heterocycles. The molecule has 0 aliphatic heterocycles. The lowest BCUT2D eigenvalue weighted by Crippen LogP contribution is -2.49. The normalized spacial score (nSPS) is 12.5. The van der Waals surface area contributed by atoms with Gasteiger partial charge in [0.2, 0.25) is 5.91 Å². The molecule has 0 aliphatic carbocycles. The number of ether oxygens (including phenoxy) is 2. The number of nitrogens with zero attached hydrogens (tertiary/aromatic N) is 2. The number of nitrogens with one attached hydrogen (secondary N) is 1. The van der Waals surface area contributed by atoms with E-state index in [0.29, 0.717) is 39.4 Å². The molecule has 0 radical (unpaired) electrons. The first kappa shape index (κ1) is 26.0. The minimum Gasteiger partial charge on any atom is -0.383 e. The fourth-order valence-electron chi connectivity index (χ4n) is 2.27. The summed E-state index contributed by atoms with van der Waals surface area (Å²) in [7, 11) is 3.28. The smallest absolute Gasteiger partial charge is 0.237 e. The van der Waals surface area contributed by atoms with Gasteiger partial charge in [-0.15, -0.1) is 0 Å². The Balaban J connectivity index is 5.01. The van der Waals surface area contributed by atoms with Crippen LogP contribution in [0.2, 0.25) is 0 Å². The van der Waals surface area contributed by atoms with Crippen molar-refractivity contribution in [3.8, 4) is 0 Å². The van der Waals surface area contributed by atoms with E-state index in [1.807, 2.05) is 25.7 Å². The molecule has 0 aromatic rings. The van der Waals surface area contributed by atoms with Gasteiger partial charge >= 0.3 is 0 Å². The third-order valence-electron chi connectivity index (χ3n) is 4.14. The SMILES string of the molecule is COCCN(CCOC)CC(=O)N(CCNC(C)(C)C)CC(=O)C(C)(C)C. The Hall–Kier alpha value is -1.02. The Morgan fingerprint density at radius 1 is 0.852 bits per heavy atom. The molecule has 0 spiro atoms. The Labute approximate surface area is 165 Å². The van der Waals surface area contributed by atoms with E-state index in [4.69, 9.17) is 9.47 Å². The van der Waals surface area contributed by atoms with Gasteiger partial charge in [-0.05, 0) is 20.8 Å². The molecule has 0 atom stereocenters. The van der Waals surface area contributed by atoms with E-state index in [-0.39, 0.29) is 30.3 Å². The maximum absolute atomic E-state index is 12.9. The topological polar surface area (TPSA) is 71.1 Å². The first-order valence-corrected chi connectivity index (χ1v) is 9.67. The Bertz CT molecular complexity index is 433. The summed E-state index contributed by atoms with van der Waals surface area (Å²) in [5, 5.41) is 3.38. The molecule has 0 saturated carbocycles. The highest BCUT2D eigenvalue weighted by molar-refractivity contribution is 5.89. The van der Waals surface area contributed by atoms with Gasteiger partial charge in [0.25, 0.3) is 0 Å². The zero-order chi connectivity index (χ0) is 21.1. The van der Waals surface area contributed by atoms with Gasteiger partial charge in [-0.1, -0.05) is 20.8 Å². The van der Waals surface area contributed by atoms with E-state index in [9.17, 15) is 9.59 Å². The van der Waals surface area contributed by atoms with Gasteiger partial charge in [0.05, 0.1) is 26.3 Å². The number of ketones is 1. The van der Waals surface area contributed by atoms with Crippen LogP contribution in [0.25, 0.3) is 0 Å². The molecule has 7 nitrogen and oxygen atoms in total. The van der Waals surface area contributed by atoms with Crippen molar-refractivity contribution in [2.24, 2.45) is 5.41 Å². The highest BCUT2D eigenvalue weighted by Gasteiger charge is 2.26. The molecule has 1 amide bonds. The van der Waals surface area contributed by atoms with E-state index in [0.717, 1.165) is 0 Å². The van der Waals surface area contributed by atoms with Gasteiger partial charge in [0.15, 0.2) is 5.78 Å². The second kappa shape index (κ2) is 12.4. The van der Waals surface area contributed by atoms with Crippen molar-refractivity contribution < 1.29 is 19.1 Å². The molecule has 0 aliphatic rings. The lowest BCUT2D eigenvalue weighted by Gasteiger charge is -2.30. The predicted octanol–water partition coefficient (Wildman–Crippen LogP) is 1.41. The number of rotatable bonds is 13. The summed E-state index contributed by atoms with van der Waals surface area (Å²) in [5.74, 6) is 0.0162. The molecule has 0 saturated heterocycles. The van der Waals surface area contributed by atoms with Crippen molar-refractivity contribution in [2.45, 2.75) is 47.1 Å². The van der Waals surface area contributed by atoms with Gasteiger partial charge in [-0.25, -0.2) is 0 Å². The van der Waals surface area contributed by atoms with Crippen LogP contribution in [0.5, 0.6) is 0 Å². The van der Waals surface area contributed by atoms with Gasteiger partial charge in [-0.3, -0.25) is 14.5 Å². The third-order valence-corrected chi connectivity index (χ3v) is 4.14. The van der Waals surface area contributed by atoms with Crippen LogP contribution in [-0.2, 0) is 19.1 Å². The Morgan fingerprint density at radius 3 is 1.78 bits per heavy atom. The molecule has 160 valence electrons. The zero-order valence-corrected chi connectivity index (χ0v) is 18.7. The first-order valence-electron chi connectivity index (χ1n) is 9.67. The van der Waals surface area contributed by atoms with E-state index >= 15 is 0 Å². The number of carbonyl (C=O) groups excluding carboxylic acids is 2. The number of hydrogen-bond acceptors (Lipinski definition) is 6. The molecule has 27 heavy (non-hydrogen) atoms. The summed E-state index contributed by atoms with van der Waals surface area (Å²) in [6.45, 7) is 15.8. The fourth-order valence-corrected chi connectivity index (χ4v) is 2.27. The number of methoxy groups -OCH3 is 2. The van der Waals surface area contributed by atoms with Crippen LogP contribution in [0.3, 0.4) is 0 Å². The lowest BCUT2D eigenvalue weighted by atomic mass is 9.90. The van der Waals surface area contributed by atoms with Gasteiger partial charge in [0, 0.05) is 51.4 Å². The molecule has 7 heteroatoms. The predicted molar refractivity (Wildman–Crippen MR) is 109 cm³/mol. The first-order chi connectivity index (χ1) is 12.4. The number of hydrogen-bond donors (Lipinski definition) is 1. The van der Waals surface area contributed by atoms with Crippen LogP contribution < -0.4 is 5.32 Å². The summed E-state index contributed by atoms with van der Waals surface area (Å²) < 4.78 is 10.3. The summed E-state index contributed by atoms with van der Waals surface area (Å²) in [5.41, 5.74) is -0.506. The molecule has 0 heterocycles. The van der Waals surface area contributed by atoms with Gasteiger partial charge < -0.3 is 19.7 Å². The van der Waals surface area contributed by atoms with Crippen molar-refractivity contribution in [3.63, 3.8) is 0 Å². The fraction of sp³-hybridized carbons (Fsp3) is 0.900. The lowest BCUT2D eigenvalue weighted by molar-refractivity contribution is -0.139. The quantitative estimate of drug-likeness (QED) is 0.515. The number of carbonyl (C=O) groups is 2. The molecule has 0 aromatic carbocycles.